The zero-order valence-electron chi connectivity index (χ0n) is 18.2. The van der Waals surface area contributed by atoms with Crippen LogP contribution in [-0.2, 0) is 4.79 Å². The highest BCUT2D eigenvalue weighted by Gasteiger charge is 2.28. The molecule has 0 aliphatic carbocycles. The van der Waals surface area contributed by atoms with Crippen LogP contribution >= 0.6 is 0 Å². The molecule has 0 spiro atoms. The number of carbonyl (C=O) groups excluding carboxylic acids is 2. The SMILES string of the molecule is Cc1ccccc1C(=O)N1CCC(C(=O)Nc2cccc(C=Cc3ccccn3)c2)CC1. The number of aryl methyl sites for hydroxylation is 1. The molecule has 2 aromatic carbocycles. The van der Waals surface area contributed by atoms with E-state index in [4.69, 9.17) is 0 Å². The normalized spacial score (nSPS) is 14.5. The Balaban J connectivity index is 1.33. The molecule has 0 radical (unpaired) electrons. The first-order valence-corrected chi connectivity index (χ1v) is 10.9. The van der Waals surface area contributed by atoms with Gasteiger partial charge >= 0.3 is 0 Å². The molecule has 1 aliphatic heterocycles. The molecule has 0 bridgehead atoms. The minimum absolute atomic E-state index is 0.0128. The van der Waals surface area contributed by atoms with Crippen molar-refractivity contribution in [3.8, 4) is 0 Å². The van der Waals surface area contributed by atoms with Gasteiger partial charge in [0.2, 0.25) is 5.91 Å². The molecule has 2 heterocycles. The van der Waals surface area contributed by atoms with Crippen molar-refractivity contribution < 1.29 is 9.59 Å². The van der Waals surface area contributed by atoms with E-state index in [-0.39, 0.29) is 17.7 Å². The first kappa shape index (κ1) is 21.5. The van der Waals surface area contributed by atoms with E-state index >= 15 is 0 Å². The Bertz CT molecular complexity index is 1120. The van der Waals surface area contributed by atoms with Crippen LogP contribution in [0.5, 0.6) is 0 Å². The van der Waals surface area contributed by atoms with Gasteiger partial charge in [-0.05, 0) is 67.3 Å². The van der Waals surface area contributed by atoms with Gasteiger partial charge in [0.1, 0.15) is 0 Å². The summed E-state index contributed by atoms with van der Waals surface area (Å²) in [5.41, 5.74) is 4.37. The van der Waals surface area contributed by atoms with Gasteiger partial charge in [0.25, 0.3) is 5.91 Å². The van der Waals surface area contributed by atoms with Crippen LogP contribution in [0.25, 0.3) is 12.2 Å². The van der Waals surface area contributed by atoms with Crippen LogP contribution in [0.1, 0.15) is 40.0 Å². The van der Waals surface area contributed by atoms with Crippen molar-refractivity contribution in [3.05, 3.63) is 95.3 Å². The number of aromatic nitrogens is 1. The summed E-state index contributed by atoms with van der Waals surface area (Å²) in [4.78, 5) is 31.8. The van der Waals surface area contributed by atoms with Crippen LogP contribution in [0.4, 0.5) is 5.69 Å². The number of rotatable bonds is 5. The van der Waals surface area contributed by atoms with Crippen LogP contribution < -0.4 is 5.32 Å². The van der Waals surface area contributed by atoms with Crippen molar-refractivity contribution in [1.29, 1.82) is 0 Å². The lowest BCUT2D eigenvalue weighted by atomic mass is 9.95. The summed E-state index contributed by atoms with van der Waals surface area (Å²) >= 11 is 0. The molecular formula is C27H27N3O2. The number of carbonyl (C=O) groups is 2. The first-order valence-electron chi connectivity index (χ1n) is 10.9. The molecule has 1 aliphatic rings. The number of hydrogen-bond acceptors (Lipinski definition) is 3. The first-order chi connectivity index (χ1) is 15.6. The molecule has 0 unspecified atom stereocenters. The van der Waals surface area contributed by atoms with Crippen LogP contribution in [0.3, 0.4) is 0 Å². The summed E-state index contributed by atoms with van der Waals surface area (Å²) in [6.07, 6.45) is 7.03. The van der Waals surface area contributed by atoms with Gasteiger partial charge in [-0.1, -0.05) is 42.5 Å². The molecule has 32 heavy (non-hydrogen) atoms. The summed E-state index contributed by atoms with van der Waals surface area (Å²) in [6.45, 7) is 3.14. The molecule has 1 saturated heterocycles. The lowest BCUT2D eigenvalue weighted by Gasteiger charge is -2.31. The lowest BCUT2D eigenvalue weighted by Crippen LogP contribution is -2.41. The number of pyridine rings is 1. The molecule has 1 fully saturated rings. The molecule has 162 valence electrons. The second-order valence-corrected chi connectivity index (χ2v) is 8.08. The largest absolute Gasteiger partial charge is 0.339 e. The second-order valence-electron chi connectivity index (χ2n) is 8.08. The molecular weight excluding hydrogens is 398 g/mol. The van der Waals surface area contributed by atoms with Crippen molar-refractivity contribution in [2.75, 3.05) is 18.4 Å². The predicted octanol–water partition coefficient (Wildman–Crippen LogP) is 5.05. The minimum Gasteiger partial charge on any atom is -0.339 e. The number of benzene rings is 2. The van der Waals surface area contributed by atoms with Crippen molar-refractivity contribution in [2.45, 2.75) is 19.8 Å². The summed E-state index contributed by atoms with van der Waals surface area (Å²) < 4.78 is 0. The molecule has 0 atom stereocenters. The highest BCUT2D eigenvalue weighted by molar-refractivity contribution is 5.96. The third-order valence-corrected chi connectivity index (χ3v) is 5.82. The minimum atomic E-state index is -0.0939. The second kappa shape index (κ2) is 10.1. The Morgan fingerprint density at radius 3 is 2.50 bits per heavy atom. The fourth-order valence-corrected chi connectivity index (χ4v) is 3.95. The third-order valence-electron chi connectivity index (χ3n) is 5.82. The Kier molecular flexibility index (Phi) is 6.75. The van der Waals surface area contributed by atoms with E-state index in [1.54, 1.807) is 6.20 Å². The van der Waals surface area contributed by atoms with E-state index in [1.807, 2.05) is 90.7 Å². The van der Waals surface area contributed by atoms with Gasteiger partial charge in [-0.15, -0.1) is 0 Å². The standard InChI is InChI=1S/C27H27N3O2/c1-20-7-2-3-11-25(20)27(32)30-17-14-22(15-18-30)26(31)29-24-10-6-8-21(19-24)12-13-23-9-4-5-16-28-23/h2-13,16,19,22H,14-15,17-18H2,1H3,(H,29,31). The van der Waals surface area contributed by atoms with Crippen LogP contribution in [-0.4, -0.2) is 34.8 Å². The molecule has 4 rings (SSSR count). The van der Waals surface area contributed by atoms with E-state index in [9.17, 15) is 9.59 Å². The molecule has 5 heteroatoms. The summed E-state index contributed by atoms with van der Waals surface area (Å²) in [6, 6.07) is 21.2. The number of amides is 2. The molecule has 1 N–H and O–H groups in total. The summed E-state index contributed by atoms with van der Waals surface area (Å²) in [5.74, 6) is -0.0307. The maximum atomic E-state index is 12.8. The van der Waals surface area contributed by atoms with E-state index in [2.05, 4.69) is 10.3 Å². The Hall–Kier alpha value is -3.73. The molecule has 5 nitrogen and oxygen atoms in total. The van der Waals surface area contributed by atoms with Crippen molar-refractivity contribution in [2.24, 2.45) is 5.92 Å². The maximum absolute atomic E-state index is 12.8. The maximum Gasteiger partial charge on any atom is 0.254 e. The van der Waals surface area contributed by atoms with Gasteiger partial charge in [-0.2, -0.15) is 0 Å². The van der Waals surface area contributed by atoms with Gasteiger partial charge in [-0.3, -0.25) is 14.6 Å². The van der Waals surface area contributed by atoms with Gasteiger partial charge in [0.15, 0.2) is 0 Å². The third kappa shape index (κ3) is 5.30. The summed E-state index contributed by atoms with van der Waals surface area (Å²) in [7, 11) is 0. The Morgan fingerprint density at radius 2 is 1.75 bits per heavy atom. The van der Waals surface area contributed by atoms with Crippen LogP contribution in [0.2, 0.25) is 0 Å². The zero-order chi connectivity index (χ0) is 22.3. The fraction of sp³-hybridized carbons (Fsp3) is 0.222. The molecule has 1 aromatic heterocycles. The van der Waals surface area contributed by atoms with E-state index in [0.29, 0.717) is 25.9 Å². The predicted molar refractivity (Wildman–Crippen MR) is 128 cm³/mol. The van der Waals surface area contributed by atoms with E-state index in [1.165, 1.54) is 0 Å². The molecule has 0 saturated carbocycles. The highest BCUT2D eigenvalue weighted by atomic mass is 16.2. The topological polar surface area (TPSA) is 62.3 Å². The van der Waals surface area contributed by atoms with E-state index < -0.39 is 0 Å². The Labute approximate surface area is 188 Å². The van der Waals surface area contributed by atoms with Crippen molar-refractivity contribution in [3.63, 3.8) is 0 Å². The highest BCUT2D eigenvalue weighted by Crippen LogP contribution is 2.22. The van der Waals surface area contributed by atoms with Gasteiger partial charge < -0.3 is 10.2 Å². The van der Waals surface area contributed by atoms with Crippen molar-refractivity contribution in [1.82, 2.24) is 9.88 Å². The molecule has 2 amide bonds. The molecule has 3 aromatic rings. The van der Waals surface area contributed by atoms with Crippen molar-refractivity contribution >= 4 is 29.7 Å². The average Bonchev–Trinajstić information content (AvgIpc) is 2.84. The number of nitrogens with zero attached hydrogens (tertiary/aromatic N) is 2. The number of hydrogen-bond donors (Lipinski definition) is 1. The van der Waals surface area contributed by atoms with Gasteiger partial charge in [0, 0.05) is 36.5 Å². The van der Waals surface area contributed by atoms with Gasteiger partial charge in [-0.25, -0.2) is 0 Å². The lowest BCUT2D eigenvalue weighted by molar-refractivity contribution is -0.121. The number of nitrogens with one attached hydrogen (secondary N) is 1. The van der Waals surface area contributed by atoms with Gasteiger partial charge in [0.05, 0.1) is 5.69 Å². The smallest absolute Gasteiger partial charge is 0.254 e. The monoisotopic (exact) mass is 425 g/mol. The number of piperidine rings is 1. The number of anilines is 1. The fourth-order valence-electron chi connectivity index (χ4n) is 3.95. The van der Waals surface area contributed by atoms with Crippen LogP contribution in [0, 0.1) is 12.8 Å². The summed E-state index contributed by atoms with van der Waals surface area (Å²) in [5, 5.41) is 3.04. The average molecular weight is 426 g/mol. The van der Waals surface area contributed by atoms with E-state index in [0.717, 1.165) is 28.1 Å². The Morgan fingerprint density at radius 1 is 0.969 bits per heavy atom. The quantitative estimate of drug-likeness (QED) is 0.622. The number of likely N-dealkylation sites (tertiary alicyclic amines) is 1. The van der Waals surface area contributed by atoms with Crippen LogP contribution in [0.15, 0.2) is 72.9 Å². The zero-order valence-corrected chi connectivity index (χ0v) is 18.2.